The maximum Gasteiger partial charge on any atom is 0.407 e. The Hall–Kier alpha value is -2.76. The van der Waals surface area contributed by atoms with E-state index in [0.29, 0.717) is 5.56 Å². The number of ketones is 1. The Morgan fingerprint density at radius 3 is 2.62 bits per heavy atom. The Morgan fingerprint density at radius 2 is 2.00 bits per heavy atom. The number of aromatic nitrogens is 1. The van der Waals surface area contributed by atoms with E-state index >= 15 is 0 Å². The standard InChI is InChI=1S/C21H21F3N4O/c1-13-11-17(19(29)20(13,26)7-8-25)28-18(21(22,23)24)16-4-2-3-15(12-16)14-5-9-27-10-6-14/h2-6,9-10,12-13,17-18,28H,7,11,26H2,1H3/t13?,17-,18?,20?/m0/s1. The second kappa shape index (κ2) is 7.93. The summed E-state index contributed by atoms with van der Waals surface area (Å²) >= 11 is 0. The third-order valence-corrected chi connectivity index (χ3v) is 5.54. The highest BCUT2D eigenvalue weighted by atomic mass is 19.4. The lowest BCUT2D eigenvalue weighted by Gasteiger charge is -2.27. The van der Waals surface area contributed by atoms with E-state index in [9.17, 15) is 18.0 Å². The number of alkyl halides is 3. The van der Waals surface area contributed by atoms with Gasteiger partial charge in [-0.3, -0.25) is 15.1 Å². The van der Waals surface area contributed by atoms with Gasteiger partial charge in [0.2, 0.25) is 0 Å². The summed E-state index contributed by atoms with van der Waals surface area (Å²) < 4.78 is 41.7. The average molecular weight is 402 g/mol. The number of nitriles is 1. The highest BCUT2D eigenvalue weighted by Crippen LogP contribution is 2.39. The first-order chi connectivity index (χ1) is 13.7. The lowest BCUT2D eigenvalue weighted by Crippen LogP contribution is -2.53. The molecule has 1 aromatic heterocycles. The van der Waals surface area contributed by atoms with Crippen molar-refractivity contribution in [3.05, 3.63) is 54.4 Å². The van der Waals surface area contributed by atoms with E-state index in [-0.39, 0.29) is 18.4 Å². The smallest absolute Gasteiger partial charge is 0.318 e. The number of carbonyl (C=O) groups is 1. The predicted octanol–water partition coefficient (Wildman–Crippen LogP) is 3.53. The van der Waals surface area contributed by atoms with Crippen LogP contribution >= 0.6 is 0 Å². The molecule has 152 valence electrons. The highest BCUT2D eigenvalue weighted by Gasteiger charge is 2.52. The van der Waals surface area contributed by atoms with Gasteiger partial charge in [-0.2, -0.15) is 18.4 Å². The zero-order valence-corrected chi connectivity index (χ0v) is 15.8. The molecule has 0 aliphatic heterocycles. The zero-order valence-electron chi connectivity index (χ0n) is 15.8. The summed E-state index contributed by atoms with van der Waals surface area (Å²) in [5.74, 6) is -0.949. The lowest BCUT2D eigenvalue weighted by atomic mass is 9.86. The Bertz CT molecular complexity index is 926. The lowest BCUT2D eigenvalue weighted by molar-refractivity contribution is -0.160. The van der Waals surface area contributed by atoms with Crippen molar-refractivity contribution in [2.24, 2.45) is 11.7 Å². The van der Waals surface area contributed by atoms with Crippen molar-refractivity contribution in [1.82, 2.24) is 10.3 Å². The molecule has 4 atom stereocenters. The molecular formula is C21H21F3N4O. The van der Waals surface area contributed by atoms with E-state index in [0.717, 1.165) is 5.56 Å². The minimum Gasteiger partial charge on any atom is -0.318 e. The van der Waals surface area contributed by atoms with Gasteiger partial charge in [0.15, 0.2) is 5.78 Å². The number of pyridine rings is 1. The molecular weight excluding hydrogens is 381 g/mol. The molecule has 1 saturated carbocycles. The van der Waals surface area contributed by atoms with Crippen molar-refractivity contribution < 1.29 is 18.0 Å². The van der Waals surface area contributed by atoms with Crippen molar-refractivity contribution in [2.75, 3.05) is 0 Å². The van der Waals surface area contributed by atoms with E-state index in [2.05, 4.69) is 10.3 Å². The van der Waals surface area contributed by atoms with Crippen LogP contribution in [0.1, 0.15) is 31.4 Å². The number of hydrogen-bond acceptors (Lipinski definition) is 5. The van der Waals surface area contributed by atoms with Crippen molar-refractivity contribution in [3.63, 3.8) is 0 Å². The normalized spacial score (nSPS) is 25.6. The number of nitrogens with two attached hydrogens (primary N) is 1. The summed E-state index contributed by atoms with van der Waals surface area (Å²) in [4.78, 5) is 16.6. The van der Waals surface area contributed by atoms with Crippen molar-refractivity contribution in [2.45, 2.75) is 43.6 Å². The monoisotopic (exact) mass is 402 g/mol. The topological polar surface area (TPSA) is 91.8 Å². The first kappa shape index (κ1) is 21.0. The number of nitrogens with zero attached hydrogens (tertiary/aromatic N) is 2. The number of Topliss-reactive ketones (excluding diaryl/α,β-unsaturated/α-hetero) is 1. The van der Waals surface area contributed by atoms with Gasteiger partial charge in [0.1, 0.15) is 6.04 Å². The molecule has 1 aliphatic carbocycles. The van der Waals surface area contributed by atoms with Crippen LogP contribution in [-0.2, 0) is 4.79 Å². The summed E-state index contributed by atoms with van der Waals surface area (Å²) in [5, 5.41) is 11.4. The fourth-order valence-corrected chi connectivity index (χ4v) is 3.80. The van der Waals surface area contributed by atoms with Gasteiger partial charge in [-0.25, -0.2) is 0 Å². The molecule has 3 N–H and O–H groups in total. The zero-order chi connectivity index (χ0) is 21.2. The number of benzene rings is 1. The van der Waals surface area contributed by atoms with Crippen LogP contribution in [0.4, 0.5) is 13.2 Å². The summed E-state index contributed by atoms with van der Waals surface area (Å²) in [6, 6.07) is 8.29. The van der Waals surface area contributed by atoms with Crippen LogP contribution < -0.4 is 11.1 Å². The van der Waals surface area contributed by atoms with Crippen LogP contribution in [0.2, 0.25) is 0 Å². The molecule has 0 amide bonds. The van der Waals surface area contributed by atoms with Crippen LogP contribution in [-0.4, -0.2) is 28.5 Å². The third-order valence-electron chi connectivity index (χ3n) is 5.54. The van der Waals surface area contributed by atoms with Crippen molar-refractivity contribution >= 4 is 5.78 Å². The van der Waals surface area contributed by atoms with E-state index in [4.69, 9.17) is 11.0 Å². The van der Waals surface area contributed by atoms with Crippen molar-refractivity contribution in [1.29, 1.82) is 5.26 Å². The van der Waals surface area contributed by atoms with Gasteiger partial charge < -0.3 is 5.73 Å². The molecule has 0 spiro atoms. The molecule has 8 heteroatoms. The van der Waals surface area contributed by atoms with Gasteiger partial charge >= 0.3 is 6.18 Å². The molecule has 5 nitrogen and oxygen atoms in total. The number of rotatable bonds is 5. The van der Waals surface area contributed by atoms with Gasteiger partial charge in [-0.1, -0.05) is 25.1 Å². The van der Waals surface area contributed by atoms with E-state index in [1.807, 2.05) is 6.07 Å². The van der Waals surface area contributed by atoms with Crippen LogP contribution in [0.15, 0.2) is 48.8 Å². The Morgan fingerprint density at radius 1 is 1.31 bits per heavy atom. The molecule has 1 heterocycles. The maximum absolute atomic E-state index is 13.9. The van der Waals surface area contributed by atoms with Crippen molar-refractivity contribution in [3.8, 4) is 17.2 Å². The predicted molar refractivity (Wildman–Crippen MR) is 101 cm³/mol. The Labute approximate surface area is 166 Å². The second-order valence-corrected chi connectivity index (χ2v) is 7.43. The van der Waals surface area contributed by atoms with Crippen LogP contribution in [0.3, 0.4) is 0 Å². The van der Waals surface area contributed by atoms with Gasteiger partial charge in [-0.15, -0.1) is 0 Å². The fraction of sp³-hybridized carbons (Fsp3) is 0.381. The molecule has 0 radical (unpaired) electrons. The number of nitrogens with one attached hydrogen (secondary N) is 1. The molecule has 29 heavy (non-hydrogen) atoms. The van der Waals surface area contributed by atoms with Gasteiger partial charge in [-0.05, 0) is 47.2 Å². The Kier molecular flexibility index (Phi) is 5.73. The first-order valence-electron chi connectivity index (χ1n) is 9.20. The SMILES string of the molecule is CC1C[C@H](NC(c2cccc(-c3ccncc3)c2)C(F)(F)F)C(=O)C1(N)CC#N. The van der Waals surface area contributed by atoms with E-state index < -0.39 is 35.5 Å². The van der Waals surface area contributed by atoms with Gasteiger partial charge in [0, 0.05) is 12.4 Å². The number of hydrogen-bond donors (Lipinski definition) is 2. The van der Waals surface area contributed by atoms with Gasteiger partial charge in [0.25, 0.3) is 0 Å². The average Bonchev–Trinajstić information content (AvgIpc) is 2.90. The van der Waals surface area contributed by atoms with E-state index in [1.54, 1.807) is 43.6 Å². The minimum atomic E-state index is -4.62. The number of carbonyl (C=O) groups excluding carboxylic acids is 1. The van der Waals surface area contributed by atoms with Crippen LogP contribution in [0.25, 0.3) is 11.1 Å². The summed E-state index contributed by atoms with van der Waals surface area (Å²) in [7, 11) is 0. The molecule has 0 bridgehead atoms. The maximum atomic E-state index is 13.9. The summed E-state index contributed by atoms with van der Waals surface area (Å²) in [6.45, 7) is 1.68. The molecule has 2 aromatic rings. The highest BCUT2D eigenvalue weighted by molar-refractivity contribution is 5.95. The van der Waals surface area contributed by atoms with Gasteiger partial charge in [0.05, 0.1) is 24.1 Å². The molecule has 3 unspecified atom stereocenters. The van der Waals surface area contributed by atoms with Crippen LogP contribution in [0.5, 0.6) is 0 Å². The molecule has 1 fully saturated rings. The van der Waals surface area contributed by atoms with E-state index in [1.165, 1.54) is 12.1 Å². The fourth-order valence-electron chi connectivity index (χ4n) is 3.80. The Balaban J connectivity index is 1.91. The minimum absolute atomic E-state index is 0.00192. The van der Waals surface area contributed by atoms with Crippen LogP contribution in [0, 0.1) is 17.2 Å². The molecule has 1 aromatic carbocycles. The molecule has 0 saturated heterocycles. The quantitative estimate of drug-likeness (QED) is 0.798. The number of halogens is 3. The summed E-state index contributed by atoms with van der Waals surface area (Å²) in [6.07, 6.45) is -1.56. The second-order valence-electron chi connectivity index (χ2n) is 7.43. The largest absolute Gasteiger partial charge is 0.407 e. The summed E-state index contributed by atoms with van der Waals surface area (Å²) in [5.41, 5.74) is 6.00. The first-order valence-corrected chi connectivity index (χ1v) is 9.20. The molecule has 3 rings (SSSR count). The molecule has 1 aliphatic rings. The third kappa shape index (κ3) is 4.16.